The summed E-state index contributed by atoms with van der Waals surface area (Å²) in [5.74, 6) is 0. The van der Waals surface area contributed by atoms with Gasteiger partial charge in [0.25, 0.3) is 0 Å². The molecule has 0 aliphatic rings. The first-order chi connectivity index (χ1) is 4.61. The van der Waals surface area contributed by atoms with Crippen LogP contribution in [0.4, 0.5) is 5.69 Å². The highest BCUT2D eigenvalue weighted by Gasteiger charge is 2.08. The van der Waals surface area contributed by atoms with E-state index in [2.05, 4.69) is 45.4 Å². The number of quaternary nitrogens is 1. The number of benzene rings is 1. The average Bonchev–Trinajstić information content (AvgIpc) is 1.88. The molecular formula is C9H17BrN2. The van der Waals surface area contributed by atoms with Gasteiger partial charge in [0, 0.05) is 0 Å². The highest BCUT2D eigenvalue weighted by molar-refractivity contribution is 5.40. The molecule has 3 N–H and O–H groups in total. The minimum absolute atomic E-state index is 0. The quantitative estimate of drug-likeness (QED) is 0.623. The predicted octanol–water partition coefficient (Wildman–Crippen LogP) is -0.951. The zero-order valence-corrected chi connectivity index (χ0v) is 9.51. The third-order valence-electron chi connectivity index (χ3n) is 1.53. The van der Waals surface area contributed by atoms with Gasteiger partial charge < -0.3 is 23.1 Å². The third-order valence-corrected chi connectivity index (χ3v) is 1.53. The van der Waals surface area contributed by atoms with Crippen LogP contribution in [0.15, 0.2) is 30.3 Å². The summed E-state index contributed by atoms with van der Waals surface area (Å²) in [6, 6.07) is 10.5. The standard InChI is InChI=1S/C9H14N.BrH.H3N/c1-10(2,3)9-7-5-4-6-8-9;;/h4-8H,1-3H3;1H;1H3/q+1;;/p-1. The van der Waals surface area contributed by atoms with Gasteiger partial charge in [0.1, 0.15) is 5.69 Å². The fourth-order valence-electron chi connectivity index (χ4n) is 0.875. The van der Waals surface area contributed by atoms with Gasteiger partial charge in [-0.05, 0) is 12.1 Å². The summed E-state index contributed by atoms with van der Waals surface area (Å²) < 4.78 is 0.890. The Morgan fingerprint density at radius 3 is 1.58 bits per heavy atom. The largest absolute Gasteiger partial charge is 1.00 e. The van der Waals surface area contributed by atoms with Crippen LogP contribution in [0.1, 0.15) is 0 Å². The van der Waals surface area contributed by atoms with Gasteiger partial charge in [0.2, 0.25) is 0 Å². The number of hydrogen-bond acceptors (Lipinski definition) is 1. The van der Waals surface area contributed by atoms with Crippen molar-refractivity contribution in [1.29, 1.82) is 0 Å². The van der Waals surface area contributed by atoms with Crippen LogP contribution >= 0.6 is 0 Å². The van der Waals surface area contributed by atoms with E-state index in [4.69, 9.17) is 0 Å². The molecule has 0 fully saturated rings. The molecule has 1 aromatic carbocycles. The number of rotatable bonds is 1. The summed E-state index contributed by atoms with van der Waals surface area (Å²) >= 11 is 0. The number of nitrogens with zero attached hydrogens (tertiary/aromatic N) is 1. The molecule has 0 radical (unpaired) electrons. The highest BCUT2D eigenvalue weighted by atomic mass is 79.9. The Kier molecular flexibility index (Phi) is 6.25. The molecule has 0 aromatic heterocycles. The van der Waals surface area contributed by atoms with Crippen molar-refractivity contribution in [1.82, 2.24) is 10.6 Å². The fourth-order valence-corrected chi connectivity index (χ4v) is 0.875. The van der Waals surface area contributed by atoms with Crippen molar-refractivity contribution >= 4 is 5.69 Å². The lowest BCUT2D eigenvalue weighted by atomic mass is 10.3. The van der Waals surface area contributed by atoms with Crippen LogP contribution in [0.2, 0.25) is 0 Å². The molecule has 2 nitrogen and oxygen atoms in total. The summed E-state index contributed by atoms with van der Waals surface area (Å²) in [4.78, 5) is 0. The molecule has 1 rings (SSSR count). The first-order valence-electron chi connectivity index (χ1n) is 3.48. The molecule has 0 spiro atoms. The summed E-state index contributed by atoms with van der Waals surface area (Å²) in [5, 5.41) is 0. The minimum atomic E-state index is 0. The van der Waals surface area contributed by atoms with E-state index < -0.39 is 0 Å². The molecule has 0 saturated heterocycles. The first kappa shape index (κ1) is 14.2. The number of para-hydroxylation sites is 1. The normalized spacial score (nSPS) is 9.58. The Hall–Kier alpha value is -0.380. The van der Waals surface area contributed by atoms with Crippen molar-refractivity contribution in [3.63, 3.8) is 0 Å². The van der Waals surface area contributed by atoms with Crippen LogP contribution < -0.4 is 27.6 Å². The Bertz CT molecular complexity index is 204. The molecule has 0 aliphatic heterocycles. The maximum atomic E-state index is 2.16. The van der Waals surface area contributed by atoms with E-state index in [1.54, 1.807) is 0 Å². The van der Waals surface area contributed by atoms with Gasteiger partial charge >= 0.3 is 0 Å². The van der Waals surface area contributed by atoms with Crippen LogP contribution in [0.5, 0.6) is 0 Å². The molecule has 0 unspecified atom stereocenters. The van der Waals surface area contributed by atoms with Crippen molar-refractivity contribution in [2.24, 2.45) is 0 Å². The summed E-state index contributed by atoms with van der Waals surface area (Å²) in [5.41, 5.74) is 1.34. The van der Waals surface area contributed by atoms with Crippen LogP contribution in [-0.2, 0) is 0 Å². The van der Waals surface area contributed by atoms with E-state index in [1.807, 2.05) is 6.07 Å². The van der Waals surface area contributed by atoms with Gasteiger partial charge in [-0.1, -0.05) is 18.2 Å². The predicted molar refractivity (Wildman–Crippen MR) is 51.0 cm³/mol. The van der Waals surface area contributed by atoms with Crippen molar-refractivity contribution in [2.45, 2.75) is 0 Å². The third kappa shape index (κ3) is 3.85. The topological polar surface area (TPSA) is 35.0 Å². The lowest BCUT2D eigenvalue weighted by Gasteiger charge is -2.22. The fraction of sp³-hybridized carbons (Fsp3) is 0.333. The van der Waals surface area contributed by atoms with E-state index in [1.165, 1.54) is 5.69 Å². The molecule has 0 atom stereocenters. The van der Waals surface area contributed by atoms with Gasteiger partial charge in [0.15, 0.2) is 0 Å². The van der Waals surface area contributed by atoms with Crippen LogP contribution in [-0.4, -0.2) is 21.1 Å². The van der Waals surface area contributed by atoms with Crippen molar-refractivity contribution in [3.8, 4) is 0 Å². The molecule has 0 amide bonds. The maximum absolute atomic E-state index is 2.16. The number of hydrogen-bond donors (Lipinski definition) is 1. The van der Waals surface area contributed by atoms with E-state index >= 15 is 0 Å². The van der Waals surface area contributed by atoms with Crippen molar-refractivity contribution in [3.05, 3.63) is 30.3 Å². The summed E-state index contributed by atoms with van der Waals surface area (Å²) in [7, 11) is 6.49. The van der Waals surface area contributed by atoms with Gasteiger partial charge in [0.05, 0.1) is 21.1 Å². The van der Waals surface area contributed by atoms with Crippen molar-refractivity contribution in [2.75, 3.05) is 21.1 Å². The molecule has 1 aromatic rings. The summed E-state index contributed by atoms with van der Waals surface area (Å²) in [6.45, 7) is 0. The molecule has 12 heavy (non-hydrogen) atoms. The van der Waals surface area contributed by atoms with Crippen LogP contribution in [0.25, 0.3) is 0 Å². The first-order valence-corrected chi connectivity index (χ1v) is 3.48. The monoisotopic (exact) mass is 232 g/mol. The van der Waals surface area contributed by atoms with Crippen LogP contribution in [0.3, 0.4) is 0 Å². The maximum Gasteiger partial charge on any atom is 0.132 e. The average molecular weight is 233 g/mol. The molecule has 0 aliphatic carbocycles. The zero-order valence-electron chi connectivity index (χ0n) is 7.92. The molecule has 70 valence electrons. The zero-order chi connectivity index (χ0) is 7.61. The van der Waals surface area contributed by atoms with Gasteiger partial charge in [-0.15, -0.1) is 0 Å². The van der Waals surface area contributed by atoms with Crippen LogP contribution in [0, 0.1) is 0 Å². The molecule has 3 heteroatoms. The van der Waals surface area contributed by atoms with Gasteiger partial charge in [-0.2, -0.15) is 0 Å². The molecular weight excluding hydrogens is 216 g/mol. The van der Waals surface area contributed by atoms with E-state index in [-0.39, 0.29) is 23.1 Å². The Morgan fingerprint density at radius 1 is 0.917 bits per heavy atom. The molecule has 0 heterocycles. The second-order valence-electron chi connectivity index (χ2n) is 3.35. The minimum Gasteiger partial charge on any atom is -1.00 e. The lowest BCUT2D eigenvalue weighted by molar-refractivity contribution is -0.00000281. The number of halogens is 1. The lowest BCUT2D eigenvalue weighted by Crippen LogP contribution is -3.00. The molecule has 0 bridgehead atoms. The van der Waals surface area contributed by atoms with E-state index in [0.717, 1.165) is 4.48 Å². The molecule has 0 saturated carbocycles. The summed E-state index contributed by atoms with van der Waals surface area (Å²) in [6.07, 6.45) is 0. The Morgan fingerprint density at radius 2 is 1.33 bits per heavy atom. The van der Waals surface area contributed by atoms with E-state index in [0.29, 0.717) is 0 Å². The Labute approximate surface area is 85.1 Å². The highest BCUT2D eigenvalue weighted by Crippen LogP contribution is 2.14. The van der Waals surface area contributed by atoms with Gasteiger partial charge in [-0.25, -0.2) is 0 Å². The second-order valence-corrected chi connectivity index (χ2v) is 3.35. The smallest absolute Gasteiger partial charge is 0.132 e. The van der Waals surface area contributed by atoms with E-state index in [9.17, 15) is 0 Å². The second kappa shape index (κ2) is 5.30. The van der Waals surface area contributed by atoms with Gasteiger partial charge in [-0.3, -0.25) is 4.48 Å². The Balaban J connectivity index is 0. The van der Waals surface area contributed by atoms with Crippen molar-refractivity contribution < 1.29 is 17.0 Å². The SMILES string of the molecule is C[N+](C)(C)c1ccccc1.N.[Br-].